The number of nitrogens with zero attached hydrogens (tertiary/aromatic N) is 2. The second kappa shape index (κ2) is 2.65. The molecule has 0 aliphatic heterocycles. The van der Waals surface area contributed by atoms with Gasteiger partial charge < -0.3 is 9.62 Å². The molecule has 0 spiro atoms. The second-order valence-corrected chi connectivity index (χ2v) is 2.31. The van der Waals surface area contributed by atoms with Crippen LogP contribution in [0.4, 0.5) is 0 Å². The molecule has 2 aromatic heterocycles. The molecule has 0 unspecified atom stereocenters. The van der Waals surface area contributed by atoms with Gasteiger partial charge in [-0.15, -0.1) is 0 Å². The molecule has 0 saturated heterocycles. The number of aromatic nitrogens is 1. The van der Waals surface area contributed by atoms with Gasteiger partial charge in [-0.3, -0.25) is 4.98 Å². The monoisotopic (exact) mass is 162 g/mol. The summed E-state index contributed by atoms with van der Waals surface area (Å²) in [7, 11) is 0. The fourth-order valence-corrected chi connectivity index (χ4v) is 1.03. The van der Waals surface area contributed by atoms with Crippen molar-refractivity contribution in [3.63, 3.8) is 0 Å². The van der Waals surface area contributed by atoms with Crippen LogP contribution in [0.3, 0.4) is 0 Å². The van der Waals surface area contributed by atoms with Gasteiger partial charge in [0.15, 0.2) is 0 Å². The van der Waals surface area contributed by atoms with Crippen molar-refractivity contribution in [1.82, 2.24) is 4.98 Å². The predicted octanol–water partition coefficient (Wildman–Crippen LogP) is 1.64. The van der Waals surface area contributed by atoms with Gasteiger partial charge in [-0.25, -0.2) is 0 Å². The van der Waals surface area contributed by atoms with Crippen molar-refractivity contribution in [1.29, 1.82) is 0 Å². The molecular weight excluding hydrogens is 156 g/mol. The molecule has 0 amide bonds. The Hall–Kier alpha value is -1.84. The topological polar surface area (TPSA) is 58.6 Å². The van der Waals surface area contributed by atoms with Crippen LogP contribution >= 0.6 is 0 Å². The Labute approximate surface area is 68.1 Å². The molecule has 0 bridgehead atoms. The first kappa shape index (κ1) is 6.84. The lowest BCUT2D eigenvalue weighted by Crippen LogP contribution is -1.70. The Kier molecular flexibility index (Phi) is 1.51. The van der Waals surface area contributed by atoms with Crippen LogP contribution in [0.1, 0.15) is 5.76 Å². The highest BCUT2D eigenvalue weighted by atomic mass is 16.4. The van der Waals surface area contributed by atoms with E-state index in [4.69, 9.17) is 9.62 Å². The number of oxime groups is 1. The van der Waals surface area contributed by atoms with Gasteiger partial charge >= 0.3 is 0 Å². The summed E-state index contributed by atoms with van der Waals surface area (Å²) in [4.78, 5) is 3.92. The first-order chi connectivity index (χ1) is 5.90. The summed E-state index contributed by atoms with van der Waals surface area (Å²) in [6, 6.07) is 3.51. The van der Waals surface area contributed by atoms with E-state index in [0.717, 1.165) is 11.0 Å². The molecule has 0 radical (unpaired) electrons. The molecule has 4 heteroatoms. The molecular formula is C8H6N2O2. The van der Waals surface area contributed by atoms with Crippen LogP contribution in [-0.2, 0) is 0 Å². The molecule has 0 aliphatic carbocycles. The second-order valence-electron chi connectivity index (χ2n) is 2.31. The van der Waals surface area contributed by atoms with Crippen molar-refractivity contribution >= 4 is 17.2 Å². The van der Waals surface area contributed by atoms with Crippen molar-refractivity contribution in [2.75, 3.05) is 0 Å². The Bertz CT molecular complexity index is 387. The normalized spacial score (nSPS) is 11.3. The molecule has 1 N–H and O–H groups in total. The molecule has 60 valence electrons. The highest BCUT2D eigenvalue weighted by Gasteiger charge is 1.99. The zero-order valence-corrected chi connectivity index (χ0v) is 6.14. The lowest BCUT2D eigenvalue weighted by Gasteiger charge is -1.81. The largest absolute Gasteiger partial charge is 0.455 e. The van der Waals surface area contributed by atoms with Gasteiger partial charge in [0.05, 0.1) is 0 Å². The van der Waals surface area contributed by atoms with E-state index < -0.39 is 0 Å². The number of furan rings is 1. The molecule has 2 rings (SSSR count). The lowest BCUT2D eigenvalue weighted by molar-refractivity contribution is 0.321. The molecule has 0 fully saturated rings. The number of hydrogen-bond acceptors (Lipinski definition) is 4. The minimum absolute atomic E-state index is 0.514. The third kappa shape index (κ3) is 1.03. The van der Waals surface area contributed by atoms with Gasteiger partial charge in [0.1, 0.15) is 17.6 Å². The molecule has 12 heavy (non-hydrogen) atoms. The Balaban J connectivity index is 2.62. The standard InChI is InChI=1S/C8H6N2O2/c11-10-5-7-3-6-4-9-2-1-8(6)12-7/h1-5,11H. The summed E-state index contributed by atoms with van der Waals surface area (Å²) in [6.45, 7) is 0. The van der Waals surface area contributed by atoms with Crippen molar-refractivity contribution in [2.24, 2.45) is 5.16 Å². The number of hydrogen-bond donors (Lipinski definition) is 1. The summed E-state index contributed by atoms with van der Waals surface area (Å²) in [5.41, 5.74) is 0.736. The molecule has 0 aliphatic rings. The average Bonchev–Trinajstić information content (AvgIpc) is 2.47. The van der Waals surface area contributed by atoms with Crippen LogP contribution in [0.25, 0.3) is 11.0 Å². The smallest absolute Gasteiger partial charge is 0.149 e. The highest BCUT2D eigenvalue weighted by Crippen LogP contribution is 2.15. The first-order valence-electron chi connectivity index (χ1n) is 3.41. The fraction of sp³-hybridized carbons (Fsp3) is 0. The van der Waals surface area contributed by atoms with Gasteiger partial charge in [-0.1, -0.05) is 5.16 Å². The van der Waals surface area contributed by atoms with Gasteiger partial charge in [-0.05, 0) is 12.1 Å². The summed E-state index contributed by atoms with van der Waals surface area (Å²) in [5, 5.41) is 12.0. The summed E-state index contributed by atoms with van der Waals surface area (Å²) >= 11 is 0. The SMILES string of the molecule is ON=Cc1cc2cnccc2o1. The van der Waals surface area contributed by atoms with E-state index in [0.29, 0.717) is 5.76 Å². The Morgan fingerprint density at radius 2 is 2.50 bits per heavy atom. The molecule has 2 heterocycles. The first-order valence-corrected chi connectivity index (χ1v) is 3.41. The van der Waals surface area contributed by atoms with E-state index in [-0.39, 0.29) is 0 Å². The third-order valence-corrected chi connectivity index (χ3v) is 1.52. The van der Waals surface area contributed by atoms with Crippen molar-refractivity contribution < 1.29 is 9.62 Å². The van der Waals surface area contributed by atoms with Crippen LogP contribution in [0.15, 0.2) is 34.1 Å². The number of fused-ring (bicyclic) bond motifs is 1. The zero-order valence-electron chi connectivity index (χ0n) is 6.14. The molecule has 4 nitrogen and oxygen atoms in total. The van der Waals surface area contributed by atoms with Crippen LogP contribution in [0.5, 0.6) is 0 Å². The maximum Gasteiger partial charge on any atom is 0.149 e. The summed E-state index contributed by atoms with van der Waals surface area (Å²) < 4.78 is 5.26. The van der Waals surface area contributed by atoms with Crippen molar-refractivity contribution in [2.45, 2.75) is 0 Å². The Morgan fingerprint density at radius 3 is 3.25 bits per heavy atom. The predicted molar refractivity (Wildman–Crippen MR) is 43.4 cm³/mol. The maximum atomic E-state index is 8.24. The lowest BCUT2D eigenvalue weighted by atomic mass is 10.3. The maximum absolute atomic E-state index is 8.24. The van der Waals surface area contributed by atoms with Crippen LogP contribution in [-0.4, -0.2) is 16.4 Å². The van der Waals surface area contributed by atoms with Gasteiger partial charge in [-0.2, -0.15) is 0 Å². The Morgan fingerprint density at radius 1 is 1.58 bits per heavy atom. The molecule has 0 atom stereocenters. The van der Waals surface area contributed by atoms with Crippen LogP contribution in [0, 0.1) is 0 Å². The molecule has 0 saturated carbocycles. The van der Waals surface area contributed by atoms with E-state index in [1.54, 1.807) is 24.5 Å². The van der Waals surface area contributed by atoms with Gasteiger partial charge in [0.2, 0.25) is 0 Å². The van der Waals surface area contributed by atoms with Gasteiger partial charge in [0, 0.05) is 17.8 Å². The number of rotatable bonds is 1. The quantitative estimate of drug-likeness (QED) is 0.394. The average molecular weight is 162 g/mol. The van der Waals surface area contributed by atoms with E-state index in [1.807, 2.05) is 0 Å². The minimum atomic E-state index is 0.514. The molecule has 2 aromatic rings. The molecule has 0 aromatic carbocycles. The van der Waals surface area contributed by atoms with E-state index >= 15 is 0 Å². The van der Waals surface area contributed by atoms with Crippen molar-refractivity contribution in [3.05, 3.63) is 30.3 Å². The third-order valence-electron chi connectivity index (χ3n) is 1.52. The van der Waals surface area contributed by atoms with Crippen LogP contribution < -0.4 is 0 Å². The summed E-state index contributed by atoms with van der Waals surface area (Å²) in [6.07, 6.45) is 4.57. The minimum Gasteiger partial charge on any atom is -0.455 e. The van der Waals surface area contributed by atoms with E-state index in [2.05, 4.69) is 10.1 Å². The zero-order chi connectivity index (χ0) is 8.39. The highest BCUT2D eigenvalue weighted by molar-refractivity contribution is 5.85. The van der Waals surface area contributed by atoms with E-state index in [9.17, 15) is 0 Å². The fourth-order valence-electron chi connectivity index (χ4n) is 1.03. The van der Waals surface area contributed by atoms with Crippen LogP contribution in [0.2, 0.25) is 0 Å². The number of pyridine rings is 1. The van der Waals surface area contributed by atoms with Crippen molar-refractivity contribution in [3.8, 4) is 0 Å². The van der Waals surface area contributed by atoms with E-state index in [1.165, 1.54) is 6.21 Å². The van der Waals surface area contributed by atoms with Gasteiger partial charge in [0.25, 0.3) is 0 Å². The summed E-state index contributed by atoms with van der Waals surface area (Å²) in [5.74, 6) is 0.514.